The molecule has 0 radical (unpaired) electrons. The van der Waals surface area contributed by atoms with Gasteiger partial charge in [-0.2, -0.15) is 0 Å². The van der Waals surface area contributed by atoms with Crippen LogP contribution < -0.4 is 10.3 Å². The highest BCUT2D eigenvalue weighted by molar-refractivity contribution is 7.18. The molecular weight excluding hydrogens is 389 g/mol. The Bertz CT molecular complexity index is 999. The minimum atomic E-state index is -0.489. The van der Waals surface area contributed by atoms with Gasteiger partial charge in [0.05, 0.1) is 18.9 Å². The molecule has 5 rings (SSSR count). The predicted octanol–water partition coefficient (Wildman–Crippen LogP) is 4.65. The fourth-order valence-corrected chi connectivity index (χ4v) is 6.38. The molecule has 1 aromatic heterocycles. The van der Waals surface area contributed by atoms with Gasteiger partial charge in [-0.25, -0.2) is 4.39 Å². The second-order valence-corrected chi connectivity index (χ2v) is 10.6. The van der Waals surface area contributed by atoms with Crippen molar-refractivity contribution in [1.82, 2.24) is 0 Å². The maximum atomic E-state index is 15.0. The summed E-state index contributed by atoms with van der Waals surface area (Å²) in [5.74, 6) is -0.795. The Morgan fingerprint density at radius 1 is 1.10 bits per heavy atom. The molecule has 0 amide bonds. The van der Waals surface area contributed by atoms with Gasteiger partial charge in [0.1, 0.15) is 5.82 Å². The van der Waals surface area contributed by atoms with Gasteiger partial charge in [-0.15, -0.1) is 11.3 Å². The fraction of sp³-hybridized carbons (Fsp3) is 0.609. The molecule has 2 aromatic rings. The van der Waals surface area contributed by atoms with Crippen LogP contribution in [0.5, 0.6) is 0 Å². The molecule has 3 heterocycles. The maximum absolute atomic E-state index is 15.0. The summed E-state index contributed by atoms with van der Waals surface area (Å²) in [6.07, 6.45) is 5.13. The quantitative estimate of drug-likeness (QED) is 0.677. The number of rotatable bonds is 1. The van der Waals surface area contributed by atoms with E-state index in [9.17, 15) is 4.79 Å². The lowest BCUT2D eigenvalue weighted by Crippen LogP contribution is -2.50. The van der Waals surface area contributed by atoms with Crippen molar-refractivity contribution < 1.29 is 13.9 Å². The number of halogens is 1. The van der Waals surface area contributed by atoms with Gasteiger partial charge in [0.15, 0.2) is 11.2 Å². The number of fused-ring (bicyclic) bond motifs is 2. The topological polar surface area (TPSA) is 38.8 Å². The van der Waals surface area contributed by atoms with Crippen molar-refractivity contribution in [2.75, 3.05) is 31.2 Å². The third-order valence-corrected chi connectivity index (χ3v) is 7.91. The van der Waals surface area contributed by atoms with E-state index in [1.165, 1.54) is 10.9 Å². The van der Waals surface area contributed by atoms with E-state index in [4.69, 9.17) is 9.47 Å². The summed E-state index contributed by atoms with van der Waals surface area (Å²) in [5.41, 5.74) is 1.74. The van der Waals surface area contributed by atoms with Gasteiger partial charge in [-0.1, -0.05) is 13.8 Å². The highest BCUT2D eigenvalue weighted by Crippen LogP contribution is 2.39. The first-order valence-corrected chi connectivity index (χ1v) is 11.5. The van der Waals surface area contributed by atoms with Crippen LogP contribution in [0.25, 0.3) is 10.1 Å². The molecule has 2 saturated heterocycles. The molecule has 29 heavy (non-hydrogen) atoms. The Kier molecular flexibility index (Phi) is 4.72. The number of anilines is 1. The molecule has 0 saturated carbocycles. The molecule has 156 valence electrons. The van der Waals surface area contributed by atoms with Crippen molar-refractivity contribution in [3.05, 3.63) is 38.6 Å². The molecule has 4 nitrogen and oxygen atoms in total. The van der Waals surface area contributed by atoms with Crippen molar-refractivity contribution in [2.24, 2.45) is 5.41 Å². The highest BCUT2D eigenvalue weighted by atomic mass is 32.1. The van der Waals surface area contributed by atoms with Gasteiger partial charge in [0.2, 0.25) is 0 Å². The summed E-state index contributed by atoms with van der Waals surface area (Å²) in [7, 11) is 0. The molecule has 1 aliphatic carbocycles. The van der Waals surface area contributed by atoms with Crippen LogP contribution in [-0.4, -0.2) is 32.1 Å². The molecule has 0 bridgehead atoms. The predicted molar refractivity (Wildman–Crippen MR) is 115 cm³/mol. The molecule has 0 unspecified atom stereocenters. The molecule has 3 aliphatic rings. The first kappa shape index (κ1) is 19.5. The summed E-state index contributed by atoms with van der Waals surface area (Å²) < 4.78 is 27.7. The first-order chi connectivity index (χ1) is 13.9. The van der Waals surface area contributed by atoms with Gasteiger partial charge in [-0.3, -0.25) is 4.79 Å². The summed E-state index contributed by atoms with van der Waals surface area (Å²) in [6.45, 7) is 7.36. The van der Waals surface area contributed by atoms with Crippen LogP contribution in [0.2, 0.25) is 0 Å². The molecular formula is C23H28FNO3S. The molecule has 6 heteroatoms. The second-order valence-electron chi connectivity index (χ2n) is 9.42. The lowest BCUT2D eigenvalue weighted by Gasteiger charge is -2.44. The minimum absolute atomic E-state index is 0.0244. The van der Waals surface area contributed by atoms with E-state index < -0.39 is 5.79 Å². The smallest absolute Gasteiger partial charge is 0.191 e. The van der Waals surface area contributed by atoms with E-state index in [1.54, 1.807) is 11.3 Å². The van der Waals surface area contributed by atoms with Crippen molar-refractivity contribution in [3.8, 4) is 0 Å². The fourth-order valence-electron chi connectivity index (χ4n) is 4.91. The monoisotopic (exact) mass is 417 g/mol. The number of nitrogens with zero attached hydrogens (tertiary/aromatic N) is 1. The van der Waals surface area contributed by atoms with Crippen molar-refractivity contribution in [3.63, 3.8) is 0 Å². The van der Waals surface area contributed by atoms with Crippen LogP contribution in [0.4, 0.5) is 10.1 Å². The Morgan fingerprint density at radius 2 is 1.83 bits per heavy atom. The van der Waals surface area contributed by atoms with Crippen molar-refractivity contribution in [1.29, 1.82) is 0 Å². The lowest BCUT2D eigenvalue weighted by atomic mass is 9.77. The van der Waals surface area contributed by atoms with Crippen LogP contribution in [0.3, 0.4) is 0 Å². The van der Waals surface area contributed by atoms with Crippen LogP contribution in [-0.2, 0) is 22.3 Å². The van der Waals surface area contributed by atoms with E-state index in [0.717, 1.165) is 62.0 Å². The Labute approximate surface area is 174 Å². The first-order valence-electron chi connectivity index (χ1n) is 10.7. The van der Waals surface area contributed by atoms with Crippen LogP contribution in [0, 0.1) is 11.2 Å². The van der Waals surface area contributed by atoms with Crippen LogP contribution in [0.15, 0.2) is 16.9 Å². The third kappa shape index (κ3) is 3.49. The number of piperidine rings is 1. The minimum Gasteiger partial charge on any atom is -0.369 e. The van der Waals surface area contributed by atoms with E-state index in [2.05, 4.69) is 18.7 Å². The van der Waals surface area contributed by atoms with Crippen molar-refractivity contribution >= 4 is 27.1 Å². The summed E-state index contributed by atoms with van der Waals surface area (Å²) in [6, 6.07) is 3.35. The number of hydrogen-bond donors (Lipinski definition) is 0. The van der Waals surface area contributed by atoms with Crippen LogP contribution >= 0.6 is 11.3 Å². The van der Waals surface area contributed by atoms with E-state index in [0.29, 0.717) is 24.2 Å². The maximum Gasteiger partial charge on any atom is 0.191 e. The Balaban J connectivity index is 1.48. The Hall–Kier alpha value is -1.50. The third-order valence-electron chi connectivity index (χ3n) is 6.71. The Morgan fingerprint density at radius 3 is 2.55 bits per heavy atom. The molecule has 1 aromatic carbocycles. The van der Waals surface area contributed by atoms with E-state index in [-0.39, 0.29) is 16.7 Å². The largest absolute Gasteiger partial charge is 0.369 e. The average Bonchev–Trinajstić information content (AvgIpc) is 2.69. The van der Waals surface area contributed by atoms with Crippen molar-refractivity contribution in [2.45, 2.75) is 58.2 Å². The molecule has 1 spiro atoms. The van der Waals surface area contributed by atoms with Gasteiger partial charge >= 0.3 is 0 Å². The molecule has 2 aliphatic heterocycles. The second kappa shape index (κ2) is 7.03. The van der Waals surface area contributed by atoms with Gasteiger partial charge < -0.3 is 14.4 Å². The number of ether oxygens (including phenoxy) is 2. The number of benzene rings is 1. The van der Waals surface area contributed by atoms with Gasteiger partial charge in [0, 0.05) is 46.5 Å². The zero-order valence-electron chi connectivity index (χ0n) is 17.2. The number of hydrogen-bond acceptors (Lipinski definition) is 5. The molecule has 2 fully saturated rings. The average molecular weight is 418 g/mol. The molecule has 0 N–H and O–H groups in total. The highest BCUT2D eigenvalue weighted by Gasteiger charge is 2.39. The van der Waals surface area contributed by atoms with E-state index >= 15 is 4.39 Å². The van der Waals surface area contributed by atoms with Gasteiger partial charge in [0.25, 0.3) is 0 Å². The zero-order chi connectivity index (χ0) is 20.2. The summed E-state index contributed by atoms with van der Waals surface area (Å²) in [4.78, 5) is 16.3. The normalized spacial score (nSPS) is 23.3. The van der Waals surface area contributed by atoms with Crippen LogP contribution in [0.1, 0.15) is 50.0 Å². The summed E-state index contributed by atoms with van der Waals surface area (Å²) in [5, 5.41) is 0.530. The standard InChI is InChI=1S/C23H28FNO3S/c1-22(2)5-4-15-20(14-22)29-19-13-18(17(24)12-16(19)21(15)26)25-8-6-23(7-9-25)27-10-3-11-28-23/h12-13H,3-11,14H2,1-2H3. The molecule has 0 atom stereocenters. The van der Waals surface area contributed by atoms with Gasteiger partial charge in [-0.05, 0) is 43.2 Å². The lowest BCUT2D eigenvalue weighted by molar-refractivity contribution is -0.275. The van der Waals surface area contributed by atoms with E-state index in [1.807, 2.05) is 6.07 Å². The summed E-state index contributed by atoms with van der Waals surface area (Å²) >= 11 is 1.67. The SMILES string of the molecule is CC1(C)CCc2c(sc3cc(N4CCC5(CC4)OCCCO5)c(F)cc3c2=O)C1. The zero-order valence-corrected chi connectivity index (χ0v) is 18.0.